The Hall–Kier alpha value is -2.79. The molecular weight excluding hydrogens is 473 g/mol. The van der Waals surface area contributed by atoms with Crippen molar-refractivity contribution in [3.8, 4) is 5.75 Å². The predicted molar refractivity (Wildman–Crippen MR) is 128 cm³/mol. The van der Waals surface area contributed by atoms with Crippen LogP contribution in [0.5, 0.6) is 5.75 Å². The molecule has 1 aliphatic carbocycles. The molecule has 5 rings (SSSR count). The third-order valence-electron chi connectivity index (χ3n) is 6.99. The Bertz CT molecular complexity index is 1210. The first kappa shape index (κ1) is 23.9. The fraction of sp³-hybridized carbons (Fsp3) is 0.542. The minimum Gasteiger partial charge on any atom is -0.472 e. The summed E-state index contributed by atoms with van der Waals surface area (Å²) in [5, 5.41) is 3.31. The smallest absolute Gasteiger partial charge is 0.272 e. The van der Waals surface area contributed by atoms with Crippen molar-refractivity contribution < 1.29 is 22.3 Å². The summed E-state index contributed by atoms with van der Waals surface area (Å²) in [7, 11) is -3.67. The van der Waals surface area contributed by atoms with E-state index in [2.05, 4.69) is 15.3 Å². The first-order valence-corrected chi connectivity index (χ1v) is 13.5. The number of nitrogens with zero attached hydrogens (tertiary/aromatic N) is 4. The van der Waals surface area contributed by atoms with Crippen LogP contribution in [0.25, 0.3) is 0 Å². The zero-order chi connectivity index (χ0) is 24.8. The Morgan fingerprint density at radius 3 is 2.40 bits per heavy atom. The van der Waals surface area contributed by atoms with E-state index in [0.29, 0.717) is 43.4 Å². The zero-order valence-electron chi connectivity index (χ0n) is 19.9. The standard InChI is InChI=1S/C24H30FN5O4S/c1-24(2)22(31)30(18-5-3-4-6-18)21-20(34-24)15-26-23(28-21)27-17-11-13-29(14-12-17)35(32,33)19-9-7-16(25)8-10-19/h7-10,15,17-18H,3-6,11-14H2,1-2H3,(H,26,27,28). The van der Waals surface area contributed by atoms with E-state index in [9.17, 15) is 17.6 Å². The van der Waals surface area contributed by atoms with E-state index in [1.807, 2.05) is 0 Å². The van der Waals surface area contributed by atoms with E-state index in [1.54, 1.807) is 24.9 Å². The highest BCUT2D eigenvalue weighted by molar-refractivity contribution is 7.89. The van der Waals surface area contributed by atoms with Crippen LogP contribution >= 0.6 is 0 Å². The summed E-state index contributed by atoms with van der Waals surface area (Å²) in [6, 6.07) is 4.96. The van der Waals surface area contributed by atoms with Gasteiger partial charge in [0.1, 0.15) is 5.82 Å². The fourth-order valence-corrected chi connectivity index (χ4v) is 6.53. The van der Waals surface area contributed by atoms with Gasteiger partial charge in [-0.3, -0.25) is 9.69 Å². The van der Waals surface area contributed by atoms with Crippen LogP contribution in [-0.2, 0) is 14.8 Å². The molecule has 1 amide bonds. The maximum absolute atomic E-state index is 13.2. The first-order chi connectivity index (χ1) is 16.6. The van der Waals surface area contributed by atoms with Gasteiger partial charge in [-0.2, -0.15) is 9.29 Å². The summed E-state index contributed by atoms with van der Waals surface area (Å²) in [6.07, 6.45) is 6.78. The number of nitrogens with one attached hydrogen (secondary N) is 1. The van der Waals surface area contributed by atoms with Gasteiger partial charge in [0.05, 0.1) is 11.1 Å². The second-order valence-corrected chi connectivity index (χ2v) is 11.8. The summed E-state index contributed by atoms with van der Waals surface area (Å²) < 4.78 is 46.3. The first-order valence-electron chi connectivity index (χ1n) is 12.1. The van der Waals surface area contributed by atoms with Crippen molar-refractivity contribution in [3.63, 3.8) is 0 Å². The number of carbonyl (C=O) groups excluding carboxylic acids is 1. The lowest BCUT2D eigenvalue weighted by Gasteiger charge is -2.40. The highest BCUT2D eigenvalue weighted by atomic mass is 32.2. The van der Waals surface area contributed by atoms with Crippen molar-refractivity contribution in [2.24, 2.45) is 0 Å². The third-order valence-corrected chi connectivity index (χ3v) is 8.90. The zero-order valence-corrected chi connectivity index (χ0v) is 20.7. The summed E-state index contributed by atoms with van der Waals surface area (Å²) in [5.74, 6) is 0.810. The second-order valence-electron chi connectivity index (χ2n) is 9.88. The number of hydrogen-bond acceptors (Lipinski definition) is 7. The number of fused-ring (bicyclic) bond motifs is 1. The molecule has 3 heterocycles. The third kappa shape index (κ3) is 4.58. The molecule has 1 aromatic carbocycles. The number of amides is 1. The maximum atomic E-state index is 13.2. The molecular formula is C24H30FN5O4S. The lowest BCUT2D eigenvalue weighted by molar-refractivity contribution is -0.133. The monoisotopic (exact) mass is 503 g/mol. The Balaban J connectivity index is 1.29. The molecule has 1 aromatic heterocycles. The maximum Gasteiger partial charge on any atom is 0.272 e. The molecule has 1 N–H and O–H groups in total. The lowest BCUT2D eigenvalue weighted by atomic mass is 10.0. The van der Waals surface area contributed by atoms with Crippen molar-refractivity contribution in [3.05, 3.63) is 36.3 Å². The molecule has 11 heteroatoms. The molecule has 2 aromatic rings. The number of halogens is 1. The van der Waals surface area contributed by atoms with Crippen LogP contribution in [0.4, 0.5) is 16.2 Å². The van der Waals surface area contributed by atoms with E-state index in [-0.39, 0.29) is 22.9 Å². The molecule has 0 atom stereocenters. The van der Waals surface area contributed by atoms with Crippen LogP contribution in [-0.4, -0.2) is 59.4 Å². The van der Waals surface area contributed by atoms with Gasteiger partial charge >= 0.3 is 0 Å². The van der Waals surface area contributed by atoms with Crippen molar-refractivity contribution in [2.45, 2.75) is 75.0 Å². The molecule has 35 heavy (non-hydrogen) atoms. The molecule has 1 saturated heterocycles. The van der Waals surface area contributed by atoms with Gasteiger partial charge in [-0.15, -0.1) is 0 Å². The van der Waals surface area contributed by atoms with Gasteiger partial charge in [0.15, 0.2) is 17.2 Å². The Morgan fingerprint density at radius 1 is 1.09 bits per heavy atom. The molecule has 1 saturated carbocycles. The Kier molecular flexibility index (Phi) is 6.16. The van der Waals surface area contributed by atoms with Crippen LogP contribution in [0.1, 0.15) is 52.4 Å². The van der Waals surface area contributed by atoms with Gasteiger partial charge < -0.3 is 10.1 Å². The van der Waals surface area contributed by atoms with Gasteiger partial charge in [0, 0.05) is 25.2 Å². The Morgan fingerprint density at radius 2 is 1.74 bits per heavy atom. The minimum atomic E-state index is -3.67. The molecule has 2 aliphatic heterocycles. The van der Waals surface area contributed by atoms with E-state index in [1.165, 1.54) is 16.4 Å². The van der Waals surface area contributed by atoms with Crippen LogP contribution in [0.15, 0.2) is 35.4 Å². The number of hydrogen-bond donors (Lipinski definition) is 1. The van der Waals surface area contributed by atoms with Gasteiger partial charge in [0.25, 0.3) is 5.91 Å². The lowest BCUT2D eigenvalue weighted by Crippen LogP contribution is -2.56. The SMILES string of the molecule is CC1(C)Oc2cnc(NC3CCN(S(=O)(=O)c4ccc(F)cc4)CC3)nc2N(C2CCCC2)C1=O. The normalized spacial score (nSPS) is 21.6. The molecule has 3 aliphatic rings. The van der Waals surface area contributed by atoms with Crippen molar-refractivity contribution in [1.29, 1.82) is 0 Å². The number of ether oxygens (including phenoxy) is 1. The molecule has 0 unspecified atom stereocenters. The predicted octanol–water partition coefficient (Wildman–Crippen LogP) is 3.33. The van der Waals surface area contributed by atoms with Crippen molar-refractivity contribution in [1.82, 2.24) is 14.3 Å². The fourth-order valence-electron chi connectivity index (χ4n) is 5.06. The average Bonchev–Trinajstić information content (AvgIpc) is 3.35. The van der Waals surface area contributed by atoms with E-state index in [0.717, 1.165) is 37.8 Å². The number of anilines is 2. The van der Waals surface area contributed by atoms with Gasteiger partial charge in [-0.25, -0.2) is 17.8 Å². The van der Waals surface area contributed by atoms with E-state index in [4.69, 9.17) is 4.74 Å². The number of aromatic nitrogens is 2. The van der Waals surface area contributed by atoms with Gasteiger partial charge in [-0.1, -0.05) is 12.8 Å². The molecule has 9 nitrogen and oxygen atoms in total. The minimum absolute atomic E-state index is 0.0238. The van der Waals surface area contributed by atoms with E-state index < -0.39 is 21.4 Å². The highest BCUT2D eigenvalue weighted by Gasteiger charge is 2.45. The summed E-state index contributed by atoms with van der Waals surface area (Å²) in [6.45, 7) is 4.18. The van der Waals surface area contributed by atoms with E-state index >= 15 is 0 Å². The van der Waals surface area contributed by atoms with Gasteiger partial charge in [0.2, 0.25) is 16.0 Å². The molecule has 0 spiro atoms. The number of sulfonamides is 1. The largest absolute Gasteiger partial charge is 0.472 e. The Labute approximate surface area is 204 Å². The summed E-state index contributed by atoms with van der Waals surface area (Å²) in [4.78, 5) is 24.1. The summed E-state index contributed by atoms with van der Waals surface area (Å²) in [5.41, 5.74) is -0.975. The molecule has 0 bridgehead atoms. The van der Waals surface area contributed by atoms with Crippen molar-refractivity contribution >= 4 is 27.7 Å². The van der Waals surface area contributed by atoms with Crippen LogP contribution in [0.2, 0.25) is 0 Å². The molecule has 2 fully saturated rings. The van der Waals surface area contributed by atoms with Crippen molar-refractivity contribution in [2.75, 3.05) is 23.3 Å². The molecule has 0 radical (unpaired) electrons. The average molecular weight is 504 g/mol. The number of rotatable bonds is 5. The van der Waals surface area contributed by atoms with Crippen LogP contribution in [0, 0.1) is 5.82 Å². The highest BCUT2D eigenvalue weighted by Crippen LogP contribution is 2.40. The number of benzene rings is 1. The van der Waals surface area contributed by atoms with Crippen LogP contribution < -0.4 is 15.0 Å². The van der Waals surface area contributed by atoms with Gasteiger partial charge in [-0.05, 0) is 63.8 Å². The number of piperidine rings is 1. The number of carbonyl (C=O) groups is 1. The summed E-state index contributed by atoms with van der Waals surface area (Å²) >= 11 is 0. The quantitative estimate of drug-likeness (QED) is 0.667. The topological polar surface area (TPSA) is 105 Å². The van der Waals surface area contributed by atoms with Crippen LogP contribution in [0.3, 0.4) is 0 Å². The molecule has 188 valence electrons. The second kappa shape index (κ2) is 9.02.